The lowest BCUT2D eigenvalue weighted by Crippen LogP contribution is -2.59. The number of aliphatic hydroxyl groups is 1. The smallest absolute Gasteiger partial charge is 0.329 e. The number of benzene rings is 3. The fraction of sp³-hybridized carbons (Fsp3) is 0.551. The van der Waals surface area contributed by atoms with Crippen molar-refractivity contribution in [2.45, 2.75) is 141 Å². The summed E-state index contributed by atoms with van der Waals surface area (Å²) < 4.78 is 30.4. The van der Waals surface area contributed by atoms with Crippen molar-refractivity contribution in [3.05, 3.63) is 104 Å². The first-order chi connectivity index (χ1) is 30.3. The summed E-state index contributed by atoms with van der Waals surface area (Å²) in [7, 11) is -1.84. The zero-order chi connectivity index (χ0) is 46.5. The van der Waals surface area contributed by atoms with E-state index in [-0.39, 0.29) is 53.8 Å². The number of carbonyl (C=O) groups is 3. The first-order valence-corrected chi connectivity index (χ1v) is 25.3. The molecule has 2 aliphatic rings. The number of piperidine rings is 2. The van der Waals surface area contributed by atoms with Gasteiger partial charge in [0.05, 0.1) is 39.5 Å². The van der Waals surface area contributed by atoms with Crippen molar-refractivity contribution in [2.24, 2.45) is 18.4 Å². The fourth-order valence-electron chi connectivity index (χ4n) is 9.67. The van der Waals surface area contributed by atoms with Crippen LogP contribution in [0, 0.1) is 11.3 Å². The van der Waals surface area contributed by atoms with E-state index in [9.17, 15) is 27.9 Å². The minimum absolute atomic E-state index is 0.0418. The van der Waals surface area contributed by atoms with Crippen molar-refractivity contribution < 1.29 is 27.9 Å². The number of fused-ring (bicyclic) bond motifs is 1. The number of halogens is 2. The highest BCUT2D eigenvalue weighted by Gasteiger charge is 2.53. The molecule has 3 N–H and O–H groups in total. The molecular formula is C49H65Cl2N5O7S. The maximum absolute atomic E-state index is 15.1. The molecule has 15 heteroatoms. The molecule has 1 aromatic heterocycles. The lowest BCUT2D eigenvalue weighted by Gasteiger charge is -2.53. The van der Waals surface area contributed by atoms with Crippen LogP contribution in [-0.2, 0) is 37.7 Å². The maximum atomic E-state index is 15.1. The van der Waals surface area contributed by atoms with E-state index < -0.39 is 44.9 Å². The predicted molar refractivity (Wildman–Crippen MR) is 254 cm³/mol. The second-order valence-corrected chi connectivity index (χ2v) is 22.4. The van der Waals surface area contributed by atoms with Crippen LogP contribution in [0.5, 0.6) is 0 Å². The minimum Gasteiger partial charge on any atom is -0.372 e. The van der Waals surface area contributed by atoms with Crippen LogP contribution in [0.1, 0.15) is 134 Å². The number of hydrogen-bond acceptors (Lipinski definition) is 7. The Labute approximate surface area is 388 Å². The van der Waals surface area contributed by atoms with E-state index in [2.05, 4.69) is 10.6 Å². The van der Waals surface area contributed by atoms with Gasteiger partial charge in [0.25, 0.3) is 0 Å². The standard InChI is InChI=1S/C49H65Cl2N5O7S/c1-31(2)42(30-64(62,63)32(3)4)56-45(34-18-20-36(50)21-19-34)38(35-15-13-16-37(51)27-35)28-49(5,47(56)60)29-44(58)52-25-12-10-8-7-9-11-14-33-17-22-39-41(26-33)54(6)48(61)55(39)40-23-24-43(57)53-46(40)59/h13,15-22,26-27,31-32,38,40,42,45-46,59H,7-12,14,23-25,28-30H2,1-6H3,(H,52,58)(H,53,57)/t38-,40?,42-,45-,46?,49-/m1/s1. The van der Waals surface area contributed by atoms with Gasteiger partial charge in [-0.15, -0.1) is 0 Å². The maximum Gasteiger partial charge on any atom is 0.329 e. The van der Waals surface area contributed by atoms with Gasteiger partial charge in [0, 0.05) is 48.4 Å². The van der Waals surface area contributed by atoms with E-state index in [1.165, 1.54) is 0 Å². The van der Waals surface area contributed by atoms with Gasteiger partial charge in [-0.05, 0) is 105 Å². The number of unbranched alkanes of at least 4 members (excludes halogenated alkanes) is 5. The summed E-state index contributed by atoms with van der Waals surface area (Å²) in [5, 5.41) is 16.6. The summed E-state index contributed by atoms with van der Waals surface area (Å²) in [6, 6.07) is 19.2. The molecule has 2 aliphatic heterocycles. The van der Waals surface area contributed by atoms with Gasteiger partial charge in [-0.25, -0.2) is 13.2 Å². The number of aromatic nitrogens is 2. The number of nitrogens with zero attached hydrogens (tertiary/aromatic N) is 3. The Morgan fingerprint density at radius 1 is 0.891 bits per heavy atom. The number of rotatable bonds is 19. The molecule has 6 atom stereocenters. The number of aliphatic hydroxyl groups excluding tert-OH is 1. The summed E-state index contributed by atoms with van der Waals surface area (Å²) in [5.74, 6) is -1.39. The molecule has 3 amide bonds. The Morgan fingerprint density at radius 3 is 2.23 bits per heavy atom. The zero-order valence-electron chi connectivity index (χ0n) is 38.0. The number of amides is 3. The number of likely N-dealkylation sites (tertiary alicyclic amines) is 1. The minimum atomic E-state index is -3.57. The van der Waals surface area contributed by atoms with Gasteiger partial charge in [-0.2, -0.15) is 0 Å². The van der Waals surface area contributed by atoms with Crippen LogP contribution in [0.2, 0.25) is 10.0 Å². The van der Waals surface area contributed by atoms with E-state index in [0.29, 0.717) is 29.4 Å². The van der Waals surface area contributed by atoms with E-state index >= 15 is 4.79 Å². The number of aryl methyl sites for hydroxylation is 2. The predicted octanol–water partition coefficient (Wildman–Crippen LogP) is 8.42. The van der Waals surface area contributed by atoms with Crippen LogP contribution in [-0.4, -0.2) is 75.1 Å². The fourth-order valence-corrected chi connectivity index (χ4v) is 11.4. The van der Waals surface area contributed by atoms with Gasteiger partial charge >= 0.3 is 5.69 Å². The number of imidazole rings is 1. The number of carbonyl (C=O) groups excluding carboxylic acids is 3. The van der Waals surface area contributed by atoms with E-state index in [1.807, 2.05) is 69.3 Å². The lowest BCUT2D eigenvalue weighted by atomic mass is 9.66. The summed E-state index contributed by atoms with van der Waals surface area (Å²) >= 11 is 12.9. The third-order valence-electron chi connectivity index (χ3n) is 13.4. The van der Waals surface area contributed by atoms with Crippen LogP contribution in [0.3, 0.4) is 0 Å². The molecule has 3 heterocycles. The highest BCUT2D eigenvalue weighted by atomic mass is 35.5. The van der Waals surface area contributed by atoms with Crippen LogP contribution < -0.4 is 16.3 Å². The van der Waals surface area contributed by atoms with Gasteiger partial charge in [0.1, 0.15) is 6.23 Å². The van der Waals surface area contributed by atoms with E-state index in [0.717, 1.165) is 72.7 Å². The van der Waals surface area contributed by atoms with Crippen molar-refractivity contribution in [1.29, 1.82) is 0 Å². The van der Waals surface area contributed by atoms with Crippen molar-refractivity contribution >= 4 is 61.8 Å². The highest BCUT2D eigenvalue weighted by Crippen LogP contribution is 2.52. The molecule has 2 unspecified atom stereocenters. The number of hydrogen-bond donors (Lipinski definition) is 3. The third-order valence-corrected chi connectivity index (χ3v) is 16.2. The van der Waals surface area contributed by atoms with E-state index in [4.69, 9.17) is 23.2 Å². The molecule has 0 saturated carbocycles. The van der Waals surface area contributed by atoms with Gasteiger partial charge < -0.3 is 20.6 Å². The normalized spacial score (nSPS) is 22.3. The molecular weight excluding hydrogens is 874 g/mol. The Hall–Kier alpha value is -4.17. The monoisotopic (exact) mass is 937 g/mol. The number of nitrogens with one attached hydrogen (secondary N) is 2. The van der Waals surface area contributed by atoms with Crippen LogP contribution in [0.15, 0.2) is 71.5 Å². The summed E-state index contributed by atoms with van der Waals surface area (Å²) in [5.41, 5.74) is 3.06. The molecule has 0 aliphatic carbocycles. The first-order valence-electron chi connectivity index (χ1n) is 22.8. The van der Waals surface area contributed by atoms with Gasteiger partial charge in [0.15, 0.2) is 9.84 Å². The quantitative estimate of drug-likeness (QED) is 0.0797. The number of sulfone groups is 1. The molecule has 0 radical (unpaired) electrons. The Kier molecular flexibility index (Phi) is 16.2. The molecule has 12 nitrogen and oxygen atoms in total. The first kappa shape index (κ1) is 49.3. The average Bonchev–Trinajstić information content (AvgIpc) is 3.48. The molecule has 2 fully saturated rings. The van der Waals surface area contributed by atoms with Crippen LogP contribution in [0.4, 0.5) is 0 Å². The summed E-state index contributed by atoms with van der Waals surface area (Å²) in [4.78, 5) is 55.5. The molecule has 3 aromatic carbocycles. The second-order valence-electron chi connectivity index (χ2n) is 18.9. The molecule has 2 saturated heterocycles. The van der Waals surface area contributed by atoms with Gasteiger partial charge in [0.2, 0.25) is 17.7 Å². The molecule has 348 valence electrons. The van der Waals surface area contributed by atoms with Crippen molar-refractivity contribution in [3.63, 3.8) is 0 Å². The largest absolute Gasteiger partial charge is 0.372 e. The van der Waals surface area contributed by atoms with Crippen molar-refractivity contribution in [3.8, 4) is 0 Å². The molecule has 6 rings (SSSR count). The van der Waals surface area contributed by atoms with Crippen LogP contribution in [0.25, 0.3) is 11.0 Å². The SMILES string of the molecule is CC(C)[C@@H](CS(=O)(=O)C(C)C)N1C(=O)[C@@](C)(CC(=O)NCCCCCCCCc2ccc3c(c2)n(C)c(=O)n3C2CCC(=O)NC2O)C[C@H](c2cccc(Cl)c2)[C@H]1c1ccc(Cl)cc1. The second kappa shape index (κ2) is 21.0. The lowest BCUT2D eigenvalue weighted by molar-refractivity contribution is -0.158. The van der Waals surface area contributed by atoms with Crippen molar-refractivity contribution in [1.82, 2.24) is 24.7 Å². The highest BCUT2D eigenvalue weighted by molar-refractivity contribution is 7.92. The Balaban J connectivity index is 1.06. The summed E-state index contributed by atoms with van der Waals surface area (Å²) in [6.07, 6.45) is 6.56. The van der Waals surface area contributed by atoms with Gasteiger partial charge in [-0.3, -0.25) is 23.5 Å². The zero-order valence-corrected chi connectivity index (χ0v) is 40.3. The third kappa shape index (κ3) is 11.3. The Bertz CT molecular complexity index is 2470. The summed E-state index contributed by atoms with van der Waals surface area (Å²) in [6.45, 7) is 9.54. The van der Waals surface area contributed by atoms with Gasteiger partial charge in [-0.1, -0.05) is 100.0 Å². The molecule has 0 bridgehead atoms. The van der Waals surface area contributed by atoms with Crippen LogP contribution >= 0.6 is 23.2 Å². The average molecular weight is 939 g/mol. The molecule has 4 aromatic rings. The Morgan fingerprint density at radius 2 is 1.58 bits per heavy atom. The molecule has 0 spiro atoms. The van der Waals surface area contributed by atoms with Crippen molar-refractivity contribution in [2.75, 3.05) is 12.3 Å². The topological polar surface area (TPSA) is 160 Å². The molecule has 64 heavy (non-hydrogen) atoms. The van der Waals surface area contributed by atoms with E-state index in [1.54, 1.807) is 53.1 Å².